The largest absolute Gasteiger partial charge is 0.379 e. The normalized spacial score (nSPS) is 13.7. The van der Waals surface area contributed by atoms with E-state index in [1.807, 2.05) is 24.9 Å². The molecule has 1 heterocycles. The topological polar surface area (TPSA) is 78.8 Å². The molecule has 1 aliphatic carbocycles. The summed E-state index contributed by atoms with van der Waals surface area (Å²) in [6, 6.07) is 3.72. The van der Waals surface area contributed by atoms with Crippen LogP contribution in [0.5, 0.6) is 0 Å². The van der Waals surface area contributed by atoms with Crippen LogP contribution in [0.15, 0.2) is 23.3 Å². The molecule has 0 bridgehead atoms. The zero-order chi connectivity index (χ0) is 18.1. The summed E-state index contributed by atoms with van der Waals surface area (Å²) in [4.78, 5) is 22.4. The number of anilines is 1. The number of hydrogen-bond donors (Lipinski definition) is 2. The van der Waals surface area contributed by atoms with E-state index in [2.05, 4.69) is 20.6 Å². The van der Waals surface area contributed by atoms with Gasteiger partial charge in [0, 0.05) is 46.4 Å². The number of ether oxygens (including phenoxy) is 1. The Morgan fingerprint density at radius 2 is 2.19 bits per heavy atom. The van der Waals surface area contributed by atoms with Gasteiger partial charge in [-0.2, -0.15) is 0 Å². The Kier molecular flexibility index (Phi) is 10.5. The van der Waals surface area contributed by atoms with E-state index in [1.54, 1.807) is 19.3 Å². The molecule has 146 valence electrons. The molecule has 0 aliphatic heterocycles. The number of amides is 1. The van der Waals surface area contributed by atoms with E-state index in [9.17, 15) is 4.79 Å². The lowest BCUT2D eigenvalue weighted by atomic mass is 10.3. The highest BCUT2D eigenvalue weighted by atomic mass is 127. The van der Waals surface area contributed by atoms with Crippen molar-refractivity contribution in [2.75, 3.05) is 45.7 Å². The van der Waals surface area contributed by atoms with Gasteiger partial charge < -0.3 is 20.3 Å². The number of hydrogen-bond acceptors (Lipinski definition) is 4. The molecule has 1 saturated carbocycles. The Bertz CT molecular complexity index is 575. The van der Waals surface area contributed by atoms with Crippen molar-refractivity contribution in [1.29, 1.82) is 0 Å². The molecule has 1 aromatic heterocycles. The van der Waals surface area contributed by atoms with Gasteiger partial charge in [-0.15, -0.1) is 24.0 Å². The minimum absolute atomic E-state index is 0. The molecule has 0 atom stereocenters. The third kappa shape index (κ3) is 8.79. The smallest absolute Gasteiger partial charge is 0.227 e. The minimum atomic E-state index is -0.0743. The summed E-state index contributed by atoms with van der Waals surface area (Å²) in [5.74, 6) is 2.04. The molecular weight excluding hydrogens is 445 g/mol. The number of halogens is 1. The Morgan fingerprint density at radius 1 is 1.42 bits per heavy atom. The molecule has 26 heavy (non-hydrogen) atoms. The predicted octanol–water partition coefficient (Wildman–Crippen LogP) is 2.27. The molecule has 2 rings (SSSR count). The van der Waals surface area contributed by atoms with Gasteiger partial charge in [-0.05, 0) is 37.3 Å². The molecule has 0 unspecified atom stereocenters. The van der Waals surface area contributed by atoms with E-state index < -0.39 is 0 Å². The summed E-state index contributed by atoms with van der Waals surface area (Å²) in [7, 11) is 3.70. The molecule has 1 aliphatic rings. The number of pyridine rings is 1. The molecule has 8 heteroatoms. The summed E-state index contributed by atoms with van der Waals surface area (Å²) in [6.07, 6.45) is 4.69. The van der Waals surface area contributed by atoms with Gasteiger partial charge in [0.2, 0.25) is 5.91 Å². The first-order valence-electron chi connectivity index (χ1n) is 8.80. The lowest BCUT2D eigenvalue weighted by Gasteiger charge is -2.22. The molecule has 2 N–H and O–H groups in total. The van der Waals surface area contributed by atoms with Crippen molar-refractivity contribution in [2.45, 2.75) is 26.2 Å². The lowest BCUT2D eigenvalue weighted by molar-refractivity contribution is -0.116. The fourth-order valence-corrected chi connectivity index (χ4v) is 2.26. The minimum Gasteiger partial charge on any atom is -0.379 e. The highest BCUT2D eigenvalue weighted by molar-refractivity contribution is 14.0. The van der Waals surface area contributed by atoms with Crippen LogP contribution in [0.4, 0.5) is 5.82 Å². The van der Waals surface area contributed by atoms with Gasteiger partial charge in [-0.25, -0.2) is 4.98 Å². The lowest BCUT2D eigenvalue weighted by Crippen LogP contribution is -2.41. The molecule has 7 nitrogen and oxygen atoms in total. The Hall–Kier alpha value is -1.42. The van der Waals surface area contributed by atoms with Crippen LogP contribution >= 0.6 is 24.0 Å². The molecule has 1 fully saturated rings. The summed E-state index contributed by atoms with van der Waals surface area (Å²) in [5, 5.41) is 5.98. The highest BCUT2D eigenvalue weighted by Gasteiger charge is 2.21. The van der Waals surface area contributed by atoms with Crippen molar-refractivity contribution < 1.29 is 9.53 Å². The van der Waals surface area contributed by atoms with Crippen LogP contribution in [0.25, 0.3) is 0 Å². The van der Waals surface area contributed by atoms with Crippen LogP contribution in [0.2, 0.25) is 0 Å². The average molecular weight is 475 g/mol. The standard InChI is InChI=1S/C18H29N5O2.HI/c1-14-4-7-16(21-12-14)22-17(24)8-9-20-18(19-2)23(3)10-11-25-13-15-5-6-15;/h4,7,12,15H,5-6,8-11,13H2,1-3H3,(H,19,20)(H,21,22,24);1H. The van der Waals surface area contributed by atoms with Gasteiger partial charge in [-0.1, -0.05) is 6.07 Å². The van der Waals surface area contributed by atoms with Crippen LogP contribution in [0.3, 0.4) is 0 Å². The van der Waals surface area contributed by atoms with E-state index in [1.165, 1.54) is 12.8 Å². The van der Waals surface area contributed by atoms with Gasteiger partial charge >= 0.3 is 0 Å². The number of carbonyl (C=O) groups excluding carboxylic acids is 1. The van der Waals surface area contributed by atoms with E-state index in [-0.39, 0.29) is 29.9 Å². The van der Waals surface area contributed by atoms with Crippen LogP contribution in [-0.4, -0.2) is 62.1 Å². The quantitative estimate of drug-likeness (QED) is 0.248. The van der Waals surface area contributed by atoms with Crippen molar-refractivity contribution in [3.8, 4) is 0 Å². The van der Waals surface area contributed by atoms with Crippen molar-refractivity contribution in [3.05, 3.63) is 23.9 Å². The average Bonchev–Trinajstić information content (AvgIpc) is 3.42. The summed E-state index contributed by atoms with van der Waals surface area (Å²) < 4.78 is 5.64. The number of rotatable bonds is 9. The number of likely N-dealkylation sites (N-methyl/N-ethyl adjacent to an activating group) is 1. The van der Waals surface area contributed by atoms with Crippen LogP contribution in [0, 0.1) is 12.8 Å². The molecular formula is C18H30IN5O2. The van der Waals surface area contributed by atoms with Gasteiger partial charge in [0.25, 0.3) is 0 Å². The van der Waals surface area contributed by atoms with E-state index in [0.717, 1.165) is 30.6 Å². The van der Waals surface area contributed by atoms with Crippen molar-refractivity contribution in [3.63, 3.8) is 0 Å². The maximum absolute atomic E-state index is 12.0. The third-order valence-corrected chi connectivity index (χ3v) is 4.01. The number of guanidine groups is 1. The fraction of sp³-hybridized carbons (Fsp3) is 0.611. The maximum atomic E-state index is 12.0. The molecule has 0 saturated heterocycles. The van der Waals surface area contributed by atoms with E-state index >= 15 is 0 Å². The van der Waals surface area contributed by atoms with Gasteiger partial charge in [0.15, 0.2) is 5.96 Å². The number of nitrogens with zero attached hydrogens (tertiary/aromatic N) is 3. The second-order valence-electron chi connectivity index (χ2n) is 6.43. The zero-order valence-electron chi connectivity index (χ0n) is 15.8. The van der Waals surface area contributed by atoms with Gasteiger partial charge in [0.05, 0.1) is 6.61 Å². The first-order chi connectivity index (χ1) is 12.1. The number of aliphatic imine (C=N–C) groups is 1. The number of carbonyl (C=O) groups is 1. The van der Waals surface area contributed by atoms with Crippen molar-refractivity contribution in [1.82, 2.24) is 15.2 Å². The molecule has 1 amide bonds. The van der Waals surface area contributed by atoms with E-state index in [4.69, 9.17) is 4.74 Å². The Labute approximate surface area is 173 Å². The zero-order valence-corrected chi connectivity index (χ0v) is 18.2. The Morgan fingerprint density at radius 3 is 2.81 bits per heavy atom. The monoisotopic (exact) mass is 475 g/mol. The SMILES string of the molecule is CN=C(NCCC(=O)Nc1ccc(C)cn1)N(C)CCOCC1CC1.I. The maximum Gasteiger partial charge on any atom is 0.227 e. The number of aromatic nitrogens is 1. The second kappa shape index (κ2) is 12.1. The van der Waals surface area contributed by atoms with Gasteiger partial charge in [0.1, 0.15) is 5.82 Å². The summed E-state index contributed by atoms with van der Waals surface area (Å²) in [5.41, 5.74) is 1.06. The Balaban J connectivity index is 0.00000338. The van der Waals surface area contributed by atoms with Crippen LogP contribution in [0.1, 0.15) is 24.8 Å². The van der Waals surface area contributed by atoms with Crippen molar-refractivity contribution >= 4 is 41.7 Å². The summed E-state index contributed by atoms with van der Waals surface area (Å²) >= 11 is 0. The molecule has 1 aromatic rings. The molecule has 0 spiro atoms. The van der Waals surface area contributed by atoms with E-state index in [0.29, 0.717) is 25.4 Å². The first-order valence-corrected chi connectivity index (χ1v) is 8.80. The molecule has 0 radical (unpaired) electrons. The second-order valence-corrected chi connectivity index (χ2v) is 6.43. The first kappa shape index (κ1) is 22.6. The molecule has 0 aromatic carbocycles. The van der Waals surface area contributed by atoms with Gasteiger partial charge in [-0.3, -0.25) is 9.79 Å². The summed E-state index contributed by atoms with van der Waals surface area (Å²) in [6.45, 7) is 4.80. The predicted molar refractivity (Wildman–Crippen MR) is 115 cm³/mol. The number of nitrogens with one attached hydrogen (secondary N) is 2. The highest BCUT2D eigenvalue weighted by Crippen LogP contribution is 2.28. The fourth-order valence-electron chi connectivity index (χ4n) is 2.26. The van der Waals surface area contributed by atoms with Crippen LogP contribution in [-0.2, 0) is 9.53 Å². The van der Waals surface area contributed by atoms with Crippen molar-refractivity contribution in [2.24, 2.45) is 10.9 Å². The van der Waals surface area contributed by atoms with Crippen LogP contribution < -0.4 is 10.6 Å². The third-order valence-electron chi connectivity index (χ3n) is 4.01. The number of aryl methyl sites for hydroxylation is 1.